The Morgan fingerprint density at radius 3 is 0.964 bits per heavy atom. The number of hydrogen-bond acceptors (Lipinski definition) is 16. The average molecular weight is 2070 g/mol. The topological polar surface area (TPSA) is 283 Å². The minimum Gasteiger partial charge on any atom is -0.512 e. The monoisotopic (exact) mass is 2070 g/mol. The summed E-state index contributed by atoms with van der Waals surface area (Å²) in [4.78, 5) is 120. The zero-order valence-corrected chi connectivity index (χ0v) is 73.5. The van der Waals surface area contributed by atoms with Crippen molar-refractivity contribution < 1.29 is 145 Å². The molecular formula is C91H103Ir3N4O14-5. The summed E-state index contributed by atoms with van der Waals surface area (Å²) in [5, 5.41) is 29.3. The van der Waals surface area contributed by atoms with Crippen LogP contribution in [-0.2, 0) is 135 Å². The van der Waals surface area contributed by atoms with E-state index in [-0.39, 0.29) is 152 Å². The van der Waals surface area contributed by atoms with Crippen LogP contribution < -0.4 is 0 Å². The van der Waals surface area contributed by atoms with Gasteiger partial charge in [-0.3, -0.25) is 49.5 Å². The number of aliphatic hydroxyl groups excluding tert-OH is 3. The van der Waals surface area contributed by atoms with E-state index in [0.29, 0.717) is 55.7 Å². The van der Waals surface area contributed by atoms with Crippen LogP contribution in [0.5, 0.6) is 0 Å². The Labute approximate surface area is 715 Å². The molecule has 2 unspecified atom stereocenters. The Morgan fingerprint density at radius 2 is 0.679 bits per heavy atom. The van der Waals surface area contributed by atoms with Crippen molar-refractivity contribution in [1.29, 1.82) is 0 Å². The third kappa shape index (κ3) is 25.6. The first-order chi connectivity index (χ1) is 55.5. The predicted molar refractivity (Wildman–Crippen MR) is 436 cm³/mol. The molecule has 603 valence electrons. The Morgan fingerprint density at radius 1 is 0.384 bits per heavy atom. The summed E-state index contributed by atoms with van der Waals surface area (Å²) >= 11 is 0. The summed E-state index contributed by atoms with van der Waals surface area (Å²) in [6.45, 7) is 21.3. The largest absolute Gasteiger partial charge is 0.512 e. The second-order valence-electron chi connectivity index (χ2n) is 27.6. The molecule has 2 atom stereocenters. The van der Waals surface area contributed by atoms with Gasteiger partial charge in [-0.1, -0.05) is 175 Å². The summed E-state index contributed by atoms with van der Waals surface area (Å²) in [5.41, 5.74) is 4.43. The molecule has 0 spiro atoms. The van der Waals surface area contributed by atoms with Crippen molar-refractivity contribution >= 4 is 118 Å². The van der Waals surface area contributed by atoms with Crippen LogP contribution in [-0.4, -0.2) is 97.7 Å². The number of allylic oxidation sites excluding steroid dienone is 6. The molecule has 0 bridgehead atoms. The molecule has 3 N–H and O–H groups in total. The van der Waals surface area contributed by atoms with E-state index >= 15 is 0 Å². The van der Waals surface area contributed by atoms with E-state index in [0.717, 1.165) is 69.6 Å². The number of aliphatic hydroxyl groups is 3. The third-order valence-electron chi connectivity index (χ3n) is 17.1. The molecule has 0 saturated carbocycles. The van der Waals surface area contributed by atoms with Gasteiger partial charge in [-0.15, -0.1) is 29.7 Å². The summed E-state index contributed by atoms with van der Waals surface area (Å²) in [6.07, 6.45) is 7.72. The number of carbonyl (C=O) groups excluding carboxylic acids is 11. The summed E-state index contributed by atoms with van der Waals surface area (Å²) in [7, 11) is 0. The molecule has 10 aromatic rings. The maximum Gasteiger partial charge on any atom is 0.155 e. The van der Waals surface area contributed by atoms with Crippen LogP contribution in [0.25, 0.3) is 77.2 Å². The van der Waals surface area contributed by atoms with E-state index in [1.165, 1.54) is 115 Å². The fourth-order valence-corrected chi connectivity index (χ4v) is 12.2. The molecule has 4 aromatic heterocycles. The second kappa shape index (κ2) is 43.3. The molecule has 2 aliphatic heterocycles. The van der Waals surface area contributed by atoms with Gasteiger partial charge >= 0.3 is 0 Å². The summed E-state index contributed by atoms with van der Waals surface area (Å²) in [5.74, 6) is -1.69. The van der Waals surface area contributed by atoms with Gasteiger partial charge < -0.3 is 58.1 Å². The fraction of sp³-hybridized carbons (Fsp3) is 0.308. The molecule has 2 aliphatic rings. The number of imidazole rings is 2. The number of aryl methyl sites for hydroxylation is 2. The van der Waals surface area contributed by atoms with E-state index in [1.807, 2.05) is 140 Å². The van der Waals surface area contributed by atoms with Crippen molar-refractivity contribution in [2.24, 2.45) is 0 Å². The van der Waals surface area contributed by atoms with Gasteiger partial charge in [0, 0.05) is 196 Å². The molecule has 112 heavy (non-hydrogen) atoms. The molecule has 12 rings (SSSR count). The number of benzene rings is 6. The quantitative estimate of drug-likeness (QED) is 0.0318. The van der Waals surface area contributed by atoms with Gasteiger partial charge in [-0.2, -0.15) is 0 Å². The van der Waals surface area contributed by atoms with E-state index in [4.69, 9.17) is 41.7 Å². The van der Waals surface area contributed by atoms with Gasteiger partial charge in [-0.05, 0) is 138 Å². The first-order valence-electron chi connectivity index (χ1n) is 40.4. The first-order valence-corrected chi connectivity index (χ1v) is 34.4. The van der Waals surface area contributed by atoms with E-state index in [1.54, 1.807) is 38.1 Å². The first kappa shape index (κ1) is 80.2. The van der Waals surface area contributed by atoms with E-state index in [2.05, 4.69) is 6.07 Å². The van der Waals surface area contributed by atoms with Crippen LogP contribution in [0.4, 0.5) is 0 Å². The number of nitrogens with zero attached hydrogens (tertiary/aromatic N) is 4. The molecule has 6 aromatic carbocycles. The zero-order valence-electron chi connectivity index (χ0n) is 78.3. The number of pyridine rings is 2. The Balaban J connectivity index is 0.000000800. The second-order valence-corrected chi connectivity index (χ2v) is 27.6. The van der Waals surface area contributed by atoms with Crippen molar-refractivity contribution in [1.82, 2.24) is 18.8 Å². The molecule has 0 amide bonds. The third-order valence-corrected chi connectivity index (χ3v) is 17.1. The minimum atomic E-state index is -2.38. The van der Waals surface area contributed by atoms with Crippen LogP contribution in [0.3, 0.4) is 0 Å². The predicted octanol–water partition coefficient (Wildman–Crippen LogP) is 18.7. The maximum absolute atomic E-state index is 10.0. The van der Waals surface area contributed by atoms with Crippen molar-refractivity contribution in [3.63, 3.8) is 0 Å². The molecule has 0 saturated heterocycles. The standard InChI is InChI=1S/C28H26N2.C28H25N2.3C5H8O2.4C5H7O2.3Ir/c2*1-17-15-16-21-24-22(17)19-13-9-10-14-20(19)26-29-23(18-11-7-6-8-12-18)25(30(24)26)28(4,5)27(21,2)3;7*1-4(6)3-5(2)7;;;/h6-16H,1-5H3;6-13,15-16H,1-5H3;3*3,6H,1-2H3;4*3H,1-2H3;;;/q;-1;;;;4*-1;;;/i2*1D3,4D3;;;;;;;;;;. The van der Waals surface area contributed by atoms with Crippen LogP contribution in [0, 0.1) is 45.5 Å². The zero-order chi connectivity index (χ0) is 92.7. The number of ketones is 11. The van der Waals surface area contributed by atoms with E-state index in [9.17, 15) is 52.7 Å². The number of Topliss-reactive ketones (excluding diaryl/α,β-unsaturated/α-hetero) is 8. The van der Waals surface area contributed by atoms with Crippen molar-refractivity contribution in [3.8, 4) is 22.5 Å². The number of rotatable bonds is 13. The number of hydrogen-bond donors (Lipinski definition) is 3. The normalized spacial score (nSPS) is 16.8. The molecule has 21 heteroatoms. The van der Waals surface area contributed by atoms with Crippen molar-refractivity contribution in [2.45, 2.75) is 188 Å². The molecule has 18 nitrogen and oxygen atoms in total. The number of aromatic nitrogens is 4. The SMILES string of the molecule is CC(=O)C=C(C)O.CC(=O)C=C(C)O.CC(=O)C=C(C)O.CC(=O)[CH-]C(C)=O.CC(=O)[CH-]C(C)=O.CC(=O)[CH-]C(C)=O.CC(=O)[CH-]C(C)=O.[2H]C([2H])([2H])c1ccc2c3c1c1ccc[c-]c1c1nc(-c4ccccc4)c(n13)C(C)(C([2H])([2H])[2H])C2(C)C.[2H]C([2H])([2H])c1ccc2c3c1c1ccccc1c1nc(-c4ccccc4)c(n13)C(C)(C([2H])([2H])[2H])C2(C)C.[Ir].[Ir].[Ir]. The average Bonchev–Trinajstić information content (AvgIpc) is 1.40. The maximum atomic E-state index is 10.0. The fourth-order valence-electron chi connectivity index (χ4n) is 12.2. The molecular weight excluding hydrogens is 1950 g/mol. The van der Waals surface area contributed by atoms with Gasteiger partial charge in [0.1, 0.15) is 5.65 Å². The Bertz CT molecular complexity index is 5260. The van der Waals surface area contributed by atoms with Gasteiger partial charge in [0.05, 0.1) is 45.5 Å². The van der Waals surface area contributed by atoms with Crippen molar-refractivity contribution in [3.05, 3.63) is 228 Å². The van der Waals surface area contributed by atoms with Crippen LogP contribution >= 0.6 is 0 Å². The summed E-state index contributed by atoms with van der Waals surface area (Å²) < 4.78 is 106. The van der Waals surface area contributed by atoms with Gasteiger partial charge in [-0.25, -0.2) is 4.98 Å². The Kier molecular flexibility index (Phi) is 31.0. The van der Waals surface area contributed by atoms with Crippen LogP contribution in [0.2, 0.25) is 0 Å². The molecule has 0 fully saturated rings. The van der Waals surface area contributed by atoms with E-state index < -0.39 is 49.1 Å². The van der Waals surface area contributed by atoms with Gasteiger partial charge in [0.25, 0.3) is 0 Å². The van der Waals surface area contributed by atoms with Crippen molar-refractivity contribution in [2.75, 3.05) is 0 Å². The summed E-state index contributed by atoms with van der Waals surface area (Å²) in [6, 6.07) is 42.6. The van der Waals surface area contributed by atoms with Crippen LogP contribution in [0.15, 0.2) is 163 Å². The number of fused-ring (bicyclic) bond motifs is 6. The molecule has 3 radical (unpaired) electrons. The minimum absolute atomic E-state index is 0. The molecule has 0 aliphatic carbocycles. The smallest absolute Gasteiger partial charge is 0.155 e. The van der Waals surface area contributed by atoms with Gasteiger partial charge in [0.15, 0.2) is 17.3 Å². The van der Waals surface area contributed by atoms with Gasteiger partial charge in [0.2, 0.25) is 0 Å². The Hall–Kier alpha value is -9.84. The number of carbonyl (C=O) groups is 11. The van der Waals surface area contributed by atoms with Crippen LogP contribution in [0.1, 0.15) is 202 Å². The molecule has 6 heterocycles.